The molecule has 0 aliphatic carbocycles. The summed E-state index contributed by atoms with van der Waals surface area (Å²) in [6.07, 6.45) is 2.80. The van der Waals surface area contributed by atoms with Crippen molar-refractivity contribution in [2.24, 2.45) is 37.4 Å². The zero-order valence-corrected chi connectivity index (χ0v) is 17.2. The number of fused-ring (bicyclic) bond motifs is 1. The number of hydrogen-bond acceptors (Lipinski definition) is 7. The normalized spacial score (nSPS) is 22.2. The Morgan fingerprint density at radius 1 is 1.30 bits per heavy atom. The standard InChI is InChI=1S/C18H22N6O5S/c1-17(2,18(16(21)26)6-7-22-11(8-18)15(20)25)9-29-12-5-3-4-10-13(12)14(19)24-30(27,28)23-10/h3-7,23H,8-9H2,1-2H3,(H2,19,24)(H2,20,25)(H2,21,26). The van der Waals surface area contributed by atoms with E-state index in [1.54, 1.807) is 26.0 Å². The Balaban J connectivity index is 1.92. The molecule has 2 aliphatic heterocycles. The number of benzene rings is 1. The Hall–Kier alpha value is -3.41. The van der Waals surface area contributed by atoms with Crippen LogP contribution in [0.5, 0.6) is 5.75 Å². The first-order valence-electron chi connectivity index (χ1n) is 8.87. The van der Waals surface area contributed by atoms with Gasteiger partial charge in [0.05, 0.1) is 23.3 Å². The van der Waals surface area contributed by atoms with Crippen LogP contribution in [0, 0.1) is 10.8 Å². The lowest BCUT2D eigenvalue weighted by Crippen LogP contribution is -2.52. The van der Waals surface area contributed by atoms with Gasteiger partial charge in [0, 0.05) is 18.0 Å². The molecule has 0 aromatic heterocycles. The molecule has 1 atom stereocenters. The lowest BCUT2D eigenvalue weighted by Gasteiger charge is -2.43. The van der Waals surface area contributed by atoms with Crippen molar-refractivity contribution < 1.29 is 22.7 Å². The maximum Gasteiger partial charge on any atom is 0.344 e. The van der Waals surface area contributed by atoms with Crippen molar-refractivity contribution in [1.82, 2.24) is 0 Å². The molecule has 2 heterocycles. The molecule has 0 radical (unpaired) electrons. The number of nitrogens with zero attached hydrogens (tertiary/aromatic N) is 2. The van der Waals surface area contributed by atoms with Crippen LogP contribution in [-0.2, 0) is 19.8 Å². The topological polar surface area (TPSA) is 192 Å². The van der Waals surface area contributed by atoms with E-state index in [0.29, 0.717) is 0 Å². The number of carbonyl (C=O) groups is 2. The van der Waals surface area contributed by atoms with E-state index in [9.17, 15) is 18.0 Å². The molecule has 160 valence electrons. The highest BCUT2D eigenvalue weighted by molar-refractivity contribution is 7.91. The first kappa shape index (κ1) is 21.3. The molecule has 0 fully saturated rings. The molecular weight excluding hydrogens is 412 g/mol. The summed E-state index contributed by atoms with van der Waals surface area (Å²) in [5.41, 5.74) is 15.2. The van der Waals surface area contributed by atoms with Crippen molar-refractivity contribution in [2.45, 2.75) is 20.3 Å². The van der Waals surface area contributed by atoms with Crippen LogP contribution in [0.2, 0.25) is 0 Å². The van der Waals surface area contributed by atoms with Crippen molar-refractivity contribution >= 4 is 39.3 Å². The van der Waals surface area contributed by atoms with Crippen molar-refractivity contribution in [3.63, 3.8) is 0 Å². The van der Waals surface area contributed by atoms with Crippen LogP contribution in [0.25, 0.3) is 0 Å². The fourth-order valence-electron chi connectivity index (χ4n) is 3.47. The molecular formula is C18H22N6O5S. The first-order valence-corrected chi connectivity index (χ1v) is 10.3. The van der Waals surface area contributed by atoms with Gasteiger partial charge in [0.15, 0.2) is 5.84 Å². The van der Waals surface area contributed by atoms with E-state index in [2.05, 4.69) is 14.1 Å². The molecule has 3 rings (SSSR count). The smallest absolute Gasteiger partial charge is 0.344 e. The highest BCUT2D eigenvalue weighted by Crippen LogP contribution is 2.46. The lowest BCUT2D eigenvalue weighted by molar-refractivity contribution is -0.131. The Kier molecular flexibility index (Phi) is 5.06. The van der Waals surface area contributed by atoms with E-state index in [0.717, 1.165) is 0 Å². The second-order valence-electron chi connectivity index (χ2n) is 7.67. The molecule has 12 heteroatoms. The van der Waals surface area contributed by atoms with E-state index in [-0.39, 0.29) is 41.6 Å². The van der Waals surface area contributed by atoms with Crippen LogP contribution in [0.3, 0.4) is 0 Å². The number of amides is 2. The van der Waals surface area contributed by atoms with Crippen LogP contribution in [0.1, 0.15) is 25.8 Å². The number of nitrogens with one attached hydrogen (secondary N) is 1. The van der Waals surface area contributed by atoms with Gasteiger partial charge in [0.25, 0.3) is 5.91 Å². The molecule has 7 N–H and O–H groups in total. The number of ether oxygens (including phenoxy) is 1. The number of amidine groups is 1. The fourth-order valence-corrected chi connectivity index (χ4v) is 4.31. The largest absolute Gasteiger partial charge is 0.492 e. The molecule has 0 saturated heterocycles. The van der Waals surface area contributed by atoms with E-state index >= 15 is 0 Å². The molecule has 1 aromatic rings. The Morgan fingerprint density at radius 3 is 2.63 bits per heavy atom. The zero-order chi connectivity index (χ0) is 22.3. The van der Waals surface area contributed by atoms with Gasteiger partial charge >= 0.3 is 10.2 Å². The predicted molar refractivity (Wildman–Crippen MR) is 111 cm³/mol. The third-order valence-electron chi connectivity index (χ3n) is 5.30. The highest BCUT2D eigenvalue weighted by atomic mass is 32.2. The summed E-state index contributed by atoms with van der Waals surface area (Å²) in [6, 6.07) is 4.71. The lowest BCUT2D eigenvalue weighted by atomic mass is 9.62. The minimum atomic E-state index is -3.93. The Labute approximate surface area is 173 Å². The van der Waals surface area contributed by atoms with E-state index in [4.69, 9.17) is 21.9 Å². The highest BCUT2D eigenvalue weighted by Gasteiger charge is 2.51. The van der Waals surface area contributed by atoms with Crippen LogP contribution in [0.15, 0.2) is 39.9 Å². The molecule has 0 bridgehead atoms. The minimum Gasteiger partial charge on any atom is -0.492 e. The van der Waals surface area contributed by atoms with Crippen molar-refractivity contribution in [2.75, 3.05) is 11.3 Å². The average molecular weight is 434 g/mol. The number of carbonyl (C=O) groups excluding carboxylic acids is 2. The van der Waals surface area contributed by atoms with Gasteiger partial charge in [0.1, 0.15) is 11.5 Å². The van der Waals surface area contributed by atoms with Gasteiger partial charge in [-0.1, -0.05) is 19.9 Å². The summed E-state index contributed by atoms with van der Waals surface area (Å²) in [5, 5.41) is 0. The number of aliphatic imine (C=N–C) groups is 1. The summed E-state index contributed by atoms with van der Waals surface area (Å²) in [7, 11) is -3.93. The molecule has 2 amide bonds. The number of anilines is 1. The predicted octanol–water partition coefficient (Wildman–Crippen LogP) is -0.217. The summed E-state index contributed by atoms with van der Waals surface area (Å²) < 4.78 is 35.1. The van der Waals surface area contributed by atoms with Crippen molar-refractivity contribution in [3.05, 3.63) is 36.0 Å². The van der Waals surface area contributed by atoms with Gasteiger partial charge in [-0.15, -0.1) is 4.40 Å². The summed E-state index contributed by atoms with van der Waals surface area (Å²) in [6.45, 7) is 3.48. The van der Waals surface area contributed by atoms with Crippen LogP contribution >= 0.6 is 0 Å². The second kappa shape index (κ2) is 7.13. The number of rotatable bonds is 6. The molecule has 0 spiro atoms. The number of primary amides is 2. The maximum absolute atomic E-state index is 12.5. The van der Waals surface area contributed by atoms with Gasteiger partial charge in [-0.2, -0.15) is 8.42 Å². The quantitative estimate of drug-likeness (QED) is 0.478. The summed E-state index contributed by atoms with van der Waals surface area (Å²) in [5.74, 6) is -1.35. The molecule has 2 aliphatic rings. The average Bonchev–Trinajstić information content (AvgIpc) is 2.64. The fraction of sp³-hybridized carbons (Fsp3) is 0.333. The monoisotopic (exact) mass is 434 g/mol. The van der Waals surface area contributed by atoms with Crippen LogP contribution < -0.4 is 26.7 Å². The SMILES string of the molecule is CC(C)(COc1cccc2c1C(N)=NS(=O)(=O)N2)C1(C(N)=O)C=CN=C(C(N)=O)C1. The first-order chi connectivity index (χ1) is 13.9. The number of nitrogens with two attached hydrogens (primary N) is 3. The van der Waals surface area contributed by atoms with Gasteiger partial charge in [-0.3, -0.25) is 19.3 Å². The second-order valence-corrected chi connectivity index (χ2v) is 9.01. The summed E-state index contributed by atoms with van der Waals surface area (Å²) in [4.78, 5) is 28.0. The Morgan fingerprint density at radius 2 is 2.00 bits per heavy atom. The van der Waals surface area contributed by atoms with E-state index in [1.165, 1.54) is 18.3 Å². The van der Waals surface area contributed by atoms with E-state index < -0.39 is 32.9 Å². The third-order valence-corrected chi connectivity index (χ3v) is 6.21. The van der Waals surface area contributed by atoms with Crippen LogP contribution in [-0.4, -0.2) is 38.4 Å². The van der Waals surface area contributed by atoms with Gasteiger partial charge in [-0.05, 0) is 18.2 Å². The summed E-state index contributed by atoms with van der Waals surface area (Å²) >= 11 is 0. The molecule has 1 unspecified atom stereocenters. The Bertz CT molecular complexity index is 1120. The number of hydrogen-bond donors (Lipinski definition) is 4. The van der Waals surface area contributed by atoms with Crippen molar-refractivity contribution in [3.8, 4) is 5.75 Å². The molecule has 0 saturated carbocycles. The maximum atomic E-state index is 12.5. The van der Waals surface area contributed by atoms with Gasteiger partial charge in [0.2, 0.25) is 5.91 Å². The molecule has 1 aromatic carbocycles. The van der Waals surface area contributed by atoms with E-state index in [1.807, 2.05) is 0 Å². The van der Waals surface area contributed by atoms with Gasteiger partial charge in [-0.25, -0.2) is 0 Å². The third kappa shape index (κ3) is 3.61. The molecule has 30 heavy (non-hydrogen) atoms. The zero-order valence-electron chi connectivity index (χ0n) is 16.4. The van der Waals surface area contributed by atoms with Crippen LogP contribution in [0.4, 0.5) is 5.69 Å². The minimum absolute atomic E-state index is 0.0250. The van der Waals surface area contributed by atoms with Crippen molar-refractivity contribution in [1.29, 1.82) is 0 Å². The molecule has 11 nitrogen and oxygen atoms in total. The van der Waals surface area contributed by atoms with Gasteiger partial charge < -0.3 is 21.9 Å².